The number of hydrogen-bond donors (Lipinski definition) is 1. The molecule has 0 saturated heterocycles. The van der Waals surface area contributed by atoms with E-state index in [9.17, 15) is 0 Å². The van der Waals surface area contributed by atoms with E-state index >= 15 is 0 Å². The molecule has 0 amide bonds. The highest BCUT2D eigenvalue weighted by molar-refractivity contribution is 6.30. The van der Waals surface area contributed by atoms with Crippen LogP contribution in [0.25, 0.3) is 6.08 Å². The summed E-state index contributed by atoms with van der Waals surface area (Å²) in [6.07, 6.45) is 2.05. The first-order valence-electron chi connectivity index (χ1n) is 4.26. The standard InChI is InChI=1S/C11H14ClN/c1-8-3-10(4-9(2)7-13)6-11(12)5-8/h3-6H,7,13H2,1-2H3/b9-4-. The van der Waals surface area contributed by atoms with E-state index in [0.717, 1.165) is 16.2 Å². The quantitative estimate of drug-likeness (QED) is 0.772. The van der Waals surface area contributed by atoms with Crippen LogP contribution in [-0.2, 0) is 0 Å². The maximum absolute atomic E-state index is 5.92. The smallest absolute Gasteiger partial charge is 0.0414 e. The van der Waals surface area contributed by atoms with Crippen LogP contribution in [0.15, 0.2) is 23.8 Å². The lowest BCUT2D eigenvalue weighted by Gasteiger charge is -2.00. The maximum atomic E-state index is 5.92. The molecular formula is C11H14ClN. The average Bonchev–Trinajstić information content (AvgIpc) is 2.02. The highest BCUT2D eigenvalue weighted by Crippen LogP contribution is 2.16. The lowest BCUT2D eigenvalue weighted by molar-refractivity contribution is 1.15. The predicted octanol–water partition coefficient (Wildman–Crippen LogP) is 3.01. The van der Waals surface area contributed by atoms with Gasteiger partial charge in [0.1, 0.15) is 0 Å². The molecule has 0 saturated carbocycles. The molecule has 2 heteroatoms. The van der Waals surface area contributed by atoms with Crippen LogP contribution in [0.2, 0.25) is 5.02 Å². The summed E-state index contributed by atoms with van der Waals surface area (Å²) in [6, 6.07) is 5.97. The molecule has 0 aliphatic heterocycles. The van der Waals surface area contributed by atoms with Gasteiger partial charge in [-0.05, 0) is 37.1 Å². The molecule has 0 atom stereocenters. The Bertz CT molecular complexity index is 309. The van der Waals surface area contributed by atoms with Gasteiger partial charge in [0.2, 0.25) is 0 Å². The van der Waals surface area contributed by atoms with Gasteiger partial charge in [-0.3, -0.25) is 0 Å². The summed E-state index contributed by atoms with van der Waals surface area (Å²) < 4.78 is 0. The molecule has 0 aromatic heterocycles. The summed E-state index contributed by atoms with van der Waals surface area (Å²) >= 11 is 5.92. The normalized spacial score (nSPS) is 11.8. The summed E-state index contributed by atoms with van der Waals surface area (Å²) in [6.45, 7) is 4.63. The zero-order valence-electron chi connectivity index (χ0n) is 7.97. The van der Waals surface area contributed by atoms with Crippen LogP contribution in [0.1, 0.15) is 18.1 Å². The molecule has 70 valence electrons. The Morgan fingerprint density at radius 1 is 1.46 bits per heavy atom. The van der Waals surface area contributed by atoms with Gasteiger partial charge in [-0.2, -0.15) is 0 Å². The van der Waals surface area contributed by atoms with E-state index in [4.69, 9.17) is 17.3 Å². The van der Waals surface area contributed by atoms with Crippen molar-refractivity contribution in [1.29, 1.82) is 0 Å². The van der Waals surface area contributed by atoms with Crippen LogP contribution >= 0.6 is 11.6 Å². The second kappa shape index (κ2) is 4.45. The fourth-order valence-electron chi connectivity index (χ4n) is 1.19. The van der Waals surface area contributed by atoms with E-state index in [1.807, 2.05) is 26.0 Å². The van der Waals surface area contributed by atoms with Crippen molar-refractivity contribution in [3.63, 3.8) is 0 Å². The third kappa shape index (κ3) is 3.21. The second-order valence-electron chi connectivity index (χ2n) is 3.26. The molecule has 2 N–H and O–H groups in total. The van der Waals surface area contributed by atoms with Crippen LogP contribution in [0.5, 0.6) is 0 Å². The number of nitrogens with two attached hydrogens (primary N) is 1. The number of aryl methyl sites for hydroxylation is 1. The van der Waals surface area contributed by atoms with Crippen molar-refractivity contribution in [2.45, 2.75) is 13.8 Å². The number of rotatable bonds is 2. The first-order chi connectivity index (χ1) is 6.11. The van der Waals surface area contributed by atoms with E-state index in [0.29, 0.717) is 6.54 Å². The first-order valence-corrected chi connectivity index (χ1v) is 4.64. The van der Waals surface area contributed by atoms with Crippen LogP contribution in [-0.4, -0.2) is 6.54 Å². The molecule has 0 heterocycles. The molecule has 1 rings (SSSR count). The maximum Gasteiger partial charge on any atom is 0.0414 e. The highest BCUT2D eigenvalue weighted by atomic mass is 35.5. The topological polar surface area (TPSA) is 26.0 Å². The SMILES string of the molecule is C/C(=C/c1cc(C)cc(Cl)c1)CN. The molecule has 0 fully saturated rings. The number of hydrogen-bond acceptors (Lipinski definition) is 1. The van der Waals surface area contributed by atoms with Gasteiger partial charge < -0.3 is 5.73 Å². The van der Waals surface area contributed by atoms with Crippen molar-refractivity contribution in [3.05, 3.63) is 39.9 Å². The van der Waals surface area contributed by atoms with E-state index in [1.165, 1.54) is 5.56 Å². The van der Waals surface area contributed by atoms with Gasteiger partial charge in [-0.25, -0.2) is 0 Å². The zero-order valence-corrected chi connectivity index (χ0v) is 8.73. The van der Waals surface area contributed by atoms with Crippen molar-refractivity contribution < 1.29 is 0 Å². The molecule has 0 spiro atoms. The van der Waals surface area contributed by atoms with Gasteiger partial charge >= 0.3 is 0 Å². The molecule has 1 aromatic rings. The van der Waals surface area contributed by atoms with Gasteiger partial charge in [0.05, 0.1) is 0 Å². The summed E-state index contributed by atoms with van der Waals surface area (Å²) in [5, 5.41) is 0.774. The second-order valence-corrected chi connectivity index (χ2v) is 3.69. The van der Waals surface area contributed by atoms with Gasteiger partial charge in [-0.15, -0.1) is 0 Å². The molecular weight excluding hydrogens is 182 g/mol. The zero-order chi connectivity index (χ0) is 9.84. The fourth-order valence-corrected chi connectivity index (χ4v) is 1.49. The van der Waals surface area contributed by atoms with Crippen LogP contribution < -0.4 is 5.73 Å². The first kappa shape index (κ1) is 10.3. The van der Waals surface area contributed by atoms with Gasteiger partial charge in [0, 0.05) is 11.6 Å². The minimum Gasteiger partial charge on any atom is -0.327 e. The lowest BCUT2D eigenvalue weighted by atomic mass is 10.1. The fraction of sp³-hybridized carbons (Fsp3) is 0.273. The Kier molecular flexibility index (Phi) is 3.52. The van der Waals surface area contributed by atoms with Crippen molar-refractivity contribution >= 4 is 17.7 Å². The highest BCUT2D eigenvalue weighted by Gasteiger charge is 1.94. The summed E-state index contributed by atoms with van der Waals surface area (Å²) in [5.74, 6) is 0. The molecule has 0 unspecified atom stereocenters. The molecule has 13 heavy (non-hydrogen) atoms. The monoisotopic (exact) mass is 195 g/mol. The largest absolute Gasteiger partial charge is 0.327 e. The van der Waals surface area contributed by atoms with Crippen LogP contribution in [0.4, 0.5) is 0 Å². The van der Waals surface area contributed by atoms with Crippen LogP contribution in [0, 0.1) is 6.92 Å². The van der Waals surface area contributed by atoms with Gasteiger partial charge in [0.15, 0.2) is 0 Å². The lowest BCUT2D eigenvalue weighted by Crippen LogP contribution is -1.99. The molecule has 1 aromatic carbocycles. The Morgan fingerprint density at radius 2 is 2.15 bits per heavy atom. The number of halogens is 1. The average molecular weight is 196 g/mol. The minimum absolute atomic E-state index is 0.589. The van der Waals surface area contributed by atoms with E-state index in [-0.39, 0.29) is 0 Å². The molecule has 1 nitrogen and oxygen atoms in total. The molecule has 0 bridgehead atoms. The Morgan fingerprint density at radius 3 is 2.69 bits per heavy atom. The van der Waals surface area contributed by atoms with Crippen molar-refractivity contribution in [2.75, 3.05) is 6.54 Å². The van der Waals surface area contributed by atoms with Gasteiger partial charge in [0.25, 0.3) is 0 Å². The Labute approximate surface area is 84.2 Å². The van der Waals surface area contributed by atoms with E-state index in [1.54, 1.807) is 0 Å². The molecule has 0 aliphatic carbocycles. The third-order valence-electron chi connectivity index (χ3n) is 1.80. The molecule has 0 radical (unpaired) electrons. The summed E-state index contributed by atoms with van der Waals surface area (Å²) in [7, 11) is 0. The van der Waals surface area contributed by atoms with E-state index in [2.05, 4.69) is 12.1 Å². The summed E-state index contributed by atoms with van der Waals surface area (Å²) in [4.78, 5) is 0. The van der Waals surface area contributed by atoms with E-state index < -0.39 is 0 Å². The van der Waals surface area contributed by atoms with Crippen molar-refractivity contribution in [2.24, 2.45) is 5.73 Å². The third-order valence-corrected chi connectivity index (χ3v) is 2.02. The Hall–Kier alpha value is -0.790. The van der Waals surface area contributed by atoms with Crippen LogP contribution in [0.3, 0.4) is 0 Å². The van der Waals surface area contributed by atoms with Crippen molar-refractivity contribution in [1.82, 2.24) is 0 Å². The molecule has 0 aliphatic rings. The van der Waals surface area contributed by atoms with Gasteiger partial charge in [-0.1, -0.05) is 29.3 Å². The predicted molar refractivity (Wildman–Crippen MR) is 58.9 cm³/mol. The minimum atomic E-state index is 0.589. The number of benzene rings is 1. The summed E-state index contributed by atoms with van der Waals surface area (Å²) in [5.41, 5.74) is 8.94. The Balaban J connectivity index is 3.02. The van der Waals surface area contributed by atoms with Crippen molar-refractivity contribution in [3.8, 4) is 0 Å².